The molecular formula is C16H17BrClNO. The Balaban J connectivity index is 2.25. The molecule has 106 valence electrons. The number of ether oxygens (including phenoxy) is 1. The van der Waals surface area contributed by atoms with Crippen LogP contribution in [0.3, 0.4) is 0 Å². The van der Waals surface area contributed by atoms with Crippen molar-refractivity contribution in [3.8, 4) is 5.75 Å². The molecule has 0 aromatic heterocycles. The van der Waals surface area contributed by atoms with Gasteiger partial charge in [0.15, 0.2) is 0 Å². The van der Waals surface area contributed by atoms with E-state index >= 15 is 0 Å². The molecule has 0 saturated heterocycles. The van der Waals surface area contributed by atoms with E-state index in [2.05, 4.69) is 15.9 Å². The summed E-state index contributed by atoms with van der Waals surface area (Å²) < 4.78 is 6.36. The van der Waals surface area contributed by atoms with Crippen LogP contribution in [-0.4, -0.2) is 7.11 Å². The Morgan fingerprint density at radius 1 is 1.25 bits per heavy atom. The Morgan fingerprint density at radius 3 is 2.65 bits per heavy atom. The van der Waals surface area contributed by atoms with Crippen molar-refractivity contribution in [2.45, 2.75) is 19.4 Å². The summed E-state index contributed by atoms with van der Waals surface area (Å²) in [6.45, 7) is 2.02. The summed E-state index contributed by atoms with van der Waals surface area (Å²) in [5.74, 6) is 0.787. The molecule has 2 N–H and O–H groups in total. The molecule has 0 amide bonds. The van der Waals surface area contributed by atoms with Gasteiger partial charge in [-0.05, 0) is 42.7 Å². The second-order valence-corrected chi connectivity index (χ2v) is 6.11. The van der Waals surface area contributed by atoms with Crippen LogP contribution in [0.25, 0.3) is 0 Å². The second kappa shape index (κ2) is 6.61. The van der Waals surface area contributed by atoms with Crippen molar-refractivity contribution < 1.29 is 4.74 Å². The molecule has 0 saturated carbocycles. The van der Waals surface area contributed by atoms with Crippen LogP contribution in [0.5, 0.6) is 5.75 Å². The zero-order chi connectivity index (χ0) is 14.7. The molecule has 4 heteroatoms. The monoisotopic (exact) mass is 353 g/mol. The molecule has 1 unspecified atom stereocenters. The lowest BCUT2D eigenvalue weighted by Crippen LogP contribution is -2.14. The van der Waals surface area contributed by atoms with E-state index in [9.17, 15) is 0 Å². The molecule has 0 aliphatic carbocycles. The Labute approximate surface area is 133 Å². The summed E-state index contributed by atoms with van der Waals surface area (Å²) in [6, 6.07) is 11.8. The van der Waals surface area contributed by atoms with Crippen LogP contribution >= 0.6 is 27.5 Å². The van der Waals surface area contributed by atoms with Crippen LogP contribution < -0.4 is 10.5 Å². The SMILES string of the molecule is COc1cc(Br)ccc1C(N)Cc1ccc(C)cc1Cl. The molecule has 1 atom stereocenters. The number of nitrogens with two attached hydrogens (primary N) is 1. The minimum absolute atomic E-state index is 0.154. The highest BCUT2D eigenvalue weighted by Gasteiger charge is 2.14. The van der Waals surface area contributed by atoms with Crippen LogP contribution in [0.4, 0.5) is 0 Å². The van der Waals surface area contributed by atoms with Crippen molar-refractivity contribution in [2.75, 3.05) is 7.11 Å². The third-order valence-electron chi connectivity index (χ3n) is 3.24. The van der Waals surface area contributed by atoms with Crippen LogP contribution in [0.15, 0.2) is 40.9 Å². The van der Waals surface area contributed by atoms with Gasteiger partial charge in [-0.2, -0.15) is 0 Å². The highest BCUT2D eigenvalue weighted by molar-refractivity contribution is 9.10. The minimum atomic E-state index is -0.154. The van der Waals surface area contributed by atoms with Gasteiger partial charge in [-0.15, -0.1) is 0 Å². The van der Waals surface area contributed by atoms with Gasteiger partial charge in [-0.25, -0.2) is 0 Å². The fourth-order valence-electron chi connectivity index (χ4n) is 2.16. The minimum Gasteiger partial charge on any atom is -0.496 e. The highest BCUT2D eigenvalue weighted by atomic mass is 79.9. The Bertz CT molecular complexity index is 615. The summed E-state index contributed by atoms with van der Waals surface area (Å²) in [7, 11) is 1.65. The molecule has 20 heavy (non-hydrogen) atoms. The highest BCUT2D eigenvalue weighted by Crippen LogP contribution is 2.30. The van der Waals surface area contributed by atoms with E-state index in [0.717, 1.165) is 31.9 Å². The first-order valence-electron chi connectivity index (χ1n) is 6.35. The third kappa shape index (κ3) is 3.54. The lowest BCUT2D eigenvalue weighted by Gasteiger charge is -2.17. The van der Waals surface area contributed by atoms with Gasteiger partial charge in [0.2, 0.25) is 0 Å². The predicted molar refractivity (Wildman–Crippen MR) is 87.5 cm³/mol. The van der Waals surface area contributed by atoms with Crippen molar-refractivity contribution in [2.24, 2.45) is 5.73 Å². The topological polar surface area (TPSA) is 35.2 Å². The van der Waals surface area contributed by atoms with Crippen LogP contribution in [0.2, 0.25) is 5.02 Å². The second-order valence-electron chi connectivity index (χ2n) is 4.79. The number of aryl methyl sites for hydroxylation is 1. The molecule has 0 bridgehead atoms. The van der Waals surface area contributed by atoms with Crippen LogP contribution in [0, 0.1) is 6.92 Å². The van der Waals surface area contributed by atoms with E-state index < -0.39 is 0 Å². The number of hydrogen-bond donors (Lipinski definition) is 1. The van der Waals surface area contributed by atoms with E-state index in [-0.39, 0.29) is 6.04 Å². The maximum absolute atomic E-state index is 6.31. The van der Waals surface area contributed by atoms with E-state index in [1.165, 1.54) is 0 Å². The maximum atomic E-state index is 6.31. The molecule has 0 radical (unpaired) electrons. The van der Waals surface area contributed by atoms with Crippen molar-refractivity contribution >= 4 is 27.5 Å². The number of hydrogen-bond acceptors (Lipinski definition) is 2. The quantitative estimate of drug-likeness (QED) is 0.866. The average Bonchev–Trinajstić information content (AvgIpc) is 2.41. The van der Waals surface area contributed by atoms with Gasteiger partial charge in [0.25, 0.3) is 0 Å². The van der Waals surface area contributed by atoms with Gasteiger partial charge in [0.05, 0.1) is 7.11 Å². The van der Waals surface area contributed by atoms with Gasteiger partial charge in [0, 0.05) is 21.1 Å². The lowest BCUT2D eigenvalue weighted by atomic mass is 9.98. The molecule has 0 spiro atoms. The van der Waals surface area contributed by atoms with E-state index in [0.29, 0.717) is 6.42 Å². The number of benzene rings is 2. The van der Waals surface area contributed by atoms with Gasteiger partial charge < -0.3 is 10.5 Å². The largest absolute Gasteiger partial charge is 0.496 e. The van der Waals surface area contributed by atoms with Crippen molar-refractivity contribution in [1.29, 1.82) is 0 Å². The zero-order valence-electron chi connectivity index (χ0n) is 11.5. The molecule has 2 aromatic carbocycles. The fourth-order valence-corrected chi connectivity index (χ4v) is 2.81. The molecule has 2 aromatic rings. The molecule has 0 aliphatic heterocycles. The molecule has 0 fully saturated rings. The van der Waals surface area contributed by atoms with Crippen LogP contribution in [-0.2, 0) is 6.42 Å². The standard InChI is InChI=1S/C16H17BrClNO/c1-10-3-4-11(14(18)7-10)8-15(19)13-6-5-12(17)9-16(13)20-2/h3-7,9,15H,8,19H2,1-2H3. The molecule has 0 aliphatic rings. The van der Waals surface area contributed by atoms with Gasteiger partial charge >= 0.3 is 0 Å². The van der Waals surface area contributed by atoms with Crippen LogP contribution in [0.1, 0.15) is 22.7 Å². The average molecular weight is 355 g/mol. The summed E-state index contributed by atoms with van der Waals surface area (Å²) in [6.07, 6.45) is 0.678. The van der Waals surface area contributed by atoms with E-state index in [4.69, 9.17) is 22.1 Å². The lowest BCUT2D eigenvalue weighted by molar-refractivity contribution is 0.405. The molecule has 2 nitrogen and oxygen atoms in total. The smallest absolute Gasteiger partial charge is 0.124 e. The van der Waals surface area contributed by atoms with Gasteiger partial charge in [0.1, 0.15) is 5.75 Å². The Kier molecular flexibility index (Phi) is 5.08. The third-order valence-corrected chi connectivity index (χ3v) is 4.09. The van der Waals surface area contributed by atoms with E-state index in [1.807, 2.05) is 43.3 Å². The van der Waals surface area contributed by atoms with E-state index in [1.54, 1.807) is 7.11 Å². The summed E-state index contributed by atoms with van der Waals surface area (Å²) in [4.78, 5) is 0. The molecule has 0 heterocycles. The number of halogens is 2. The summed E-state index contributed by atoms with van der Waals surface area (Å²) >= 11 is 9.70. The van der Waals surface area contributed by atoms with Crippen molar-refractivity contribution in [3.05, 3.63) is 62.6 Å². The molecule has 2 rings (SSSR count). The Morgan fingerprint density at radius 2 is 2.00 bits per heavy atom. The zero-order valence-corrected chi connectivity index (χ0v) is 13.8. The van der Waals surface area contributed by atoms with Crippen molar-refractivity contribution in [1.82, 2.24) is 0 Å². The predicted octanol–water partition coefficient (Wildman–Crippen LogP) is 4.66. The maximum Gasteiger partial charge on any atom is 0.124 e. The molecular weight excluding hydrogens is 338 g/mol. The summed E-state index contributed by atoms with van der Waals surface area (Å²) in [5, 5.41) is 0.761. The first kappa shape index (κ1) is 15.4. The summed E-state index contributed by atoms with van der Waals surface area (Å²) in [5.41, 5.74) is 9.48. The first-order valence-corrected chi connectivity index (χ1v) is 7.52. The number of rotatable bonds is 4. The Hall–Kier alpha value is -1.03. The first-order chi connectivity index (χ1) is 9.51. The number of methoxy groups -OCH3 is 1. The fraction of sp³-hybridized carbons (Fsp3) is 0.250. The van der Waals surface area contributed by atoms with Gasteiger partial charge in [-0.3, -0.25) is 0 Å². The normalized spacial score (nSPS) is 12.2. The van der Waals surface area contributed by atoms with Crippen molar-refractivity contribution in [3.63, 3.8) is 0 Å². The van der Waals surface area contributed by atoms with Gasteiger partial charge in [-0.1, -0.05) is 45.7 Å².